The Morgan fingerprint density at radius 2 is 1.88 bits per heavy atom. The van der Waals surface area contributed by atoms with Crippen molar-refractivity contribution in [3.8, 4) is 22.8 Å². The number of carbonyl (C=O) groups is 2. The van der Waals surface area contributed by atoms with E-state index >= 15 is 0 Å². The molecule has 276 valence electrons. The lowest BCUT2D eigenvalue weighted by Gasteiger charge is -2.39. The van der Waals surface area contributed by atoms with Crippen LogP contribution in [0.4, 0.5) is 28.0 Å². The number of rotatable bonds is 14. The first-order valence-corrected chi connectivity index (χ1v) is 16.0. The van der Waals surface area contributed by atoms with Gasteiger partial charge in [-0.25, -0.2) is 14.3 Å². The van der Waals surface area contributed by atoms with Crippen LogP contribution in [0, 0.1) is 0 Å². The largest absolute Gasteiger partial charge is 0.465 e. The smallest absolute Gasteiger partial charge is 0.407 e. The van der Waals surface area contributed by atoms with Gasteiger partial charge < -0.3 is 24.8 Å². The average molecular weight is 731 g/mol. The van der Waals surface area contributed by atoms with Gasteiger partial charge in [-0.15, -0.1) is 10.2 Å². The Morgan fingerprint density at radius 3 is 2.60 bits per heavy atom. The quantitative estimate of drug-likeness (QED) is 0.156. The molecule has 0 saturated carbocycles. The number of hydrogen-bond acceptors (Lipinski definition) is 11. The fourth-order valence-corrected chi connectivity index (χ4v) is 5.70. The maximum Gasteiger partial charge on any atom is 0.407 e. The number of fused-ring (bicyclic) bond motifs is 1. The molecule has 52 heavy (non-hydrogen) atoms. The molecule has 0 unspecified atom stereocenters. The standard InChI is InChI=1S/C31H34F4N12O5/c1-31(2,3)45(30(49)50)10-5-9-43-14-18(15-43)47-40-24(39-42-47)17-44-16-22(38-27(48)21-13-37-46-11-4-8-36-26(21)46)25(41-44)20-12-19(51-28(32)33)6-7-23(20)52-29(34)35/h4,6-8,11-13,16,18,28-29H,5,9-10,14-15,17H2,1-3H3,(H,38,48)(H,49,50). The Labute approximate surface area is 292 Å². The van der Waals surface area contributed by atoms with E-state index < -0.39 is 36.5 Å². The van der Waals surface area contributed by atoms with E-state index in [1.54, 1.807) is 12.3 Å². The second-order valence-electron chi connectivity index (χ2n) is 12.8. The SMILES string of the molecule is CC(C)(C)N(CCCN1CC(n2nnc(Cn3cc(NC(=O)c4cnn5cccnc45)c(-c4cc(OC(F)F)ccc4OC(F)F)n3)n2)C1)C(=O)O. The third kappa shape index (κ3) is 8.19. The van der Waals surface area contributed by atoms with E-state index in [-0.39, 0.29) is 52.3 Å². The summed E-state index contributed by atoms with van der Waals surface area (Å²) in [4.78, 5) is 34.2. The summed E-state index contributed by atoms with van der Waals surface area (Å²) in [6.07, 6.45) is 5.45. The van der Waals surface area contributed by atoms with Crippen molar-refractivity contribution in [2.45, 2.75) is 58.5 Å². The van der Waals surface area contributed by atoms with Gasteiger partial charge in [-0.3, -0.25) is 14.4 Å². The number of halogens is 4. The van der Waals surface area contributed by atoms with Gasteiger partial charge in [0, 0.05) is 43.8 Å². The minimum atomic E-state index is -3.27. The van der Waals surface area contributed by atoms with Crippen molar-refractivity contribution in [1.82, 2.24) is 54.4 Å². The molecule has 1 aliphatic heterocycles. The minimum absolute atomic E-state index is 0.00328. The van der Waals surface area contributed by atoms with Gasteiger partial charge in [-0.1, -0.05) is 0 Å². The van der Waals surface area contributed by atoms with Crippen molar-refractivity contribution < 1.29 is 41.7 Å². The van der Waals surface area contributed by atoms with E-state index in [9.17, 15) is 32.3 Å². The summed E-state index contributed by atoms with van der Waals surface area (Å²) in [6.45, 7) is 1.33. The van der Waals surface area contributed by atoms with E-state index in [0.717, 1.165) is 18.2 Å². The van der Waals surface area contributed by atoms with E-state index in [0.29, 0.717) is 32.6 Å². The zero-order valence-corrected chi connectivity index (χ0v) is 28.1. The van der Waals surface area contributed by atoms with Gasteiger partial charge >= 0.3 is 19.3 Å². The summed E-state index contributed by atoms with van der Waals surface area (Å²) in [6, 6.07) is 4.66. The summed E-state index contributed by atoms with van der Waals surface area (Å²) in [7, 11) is 0. The molecule has 6 rings (SSSR count). The number of aromatic nitrogens is 9. The number of likely N-dealkylation sites (tertiary alicyclic amines) is 1. The topological polar surface area (TPSA) is 183 Å². The molecule has 5 heterocycles. The van der Waals surface area contributed by atoms with E-state index in [1.807, 2.05) is 20.8 Å². The lowest BCUT2D eigenvalue weighted by molar-refractivity contribution is -0.0526. The molecular formula is C31H34F4N12O5. The highest BCUT2D eigenvalue weighted by molar-refractivity contribution is 6.09. The number of alkyl halides is 4. The lowest BCUT2D eigenvalue weighted by atomic mass is 10.1. The molecular weight excluding hydrogens is 696 g/mol. The van der Waals surface area contributed by atoms with Crippen LogP contribution in [0.3, 0.4) is 0 Å². The number of anilines is 1. The number of carboxylic acid groups (broad SMARTS) is 1. The molecule has 0 aliphatic carbocycles. The van der Waals surface area contributed by atoms with E-state index in [1.165, 1.54) is 37.5 Å². The Morgan fingerprint density at radius 1 is 1.12 bits per heavy atom. The summed E-state index contributed by atoms with van der Waals surface area (Å²) in [5, 5.41) is 33.5. The van der Waals surface area contributed by atoms with Crippen molar-refractivity contribution in [3.05, 3.63) is 60.4 Å². The number of hydrogen-bond donors (Lipinski definition) is 2. The van der Waals surface area contributed by atoms with Crippen molar-refractivity contribution in [3.63, 3.8) is 0 Å². The van der Waals surface area contributed by atoms with Gasteiger partial charge in [0.15, 0.2) is 11.5 Å². The molecule has 0 spiro atoms. The summed E-state index contributed by atoms with van der Waals surface area (Å²) in [5.41, 5.74) is -0.457. The fourth-order valence-electron chi connectivity index (χ4n) is 5.70. The third-order valence-corrected chi connectivity index (χ3v) is 8.12. The zero-order chi connectivity index (χ0) is 37.2. The van der Waals surface area contributed by atoms with Crippen LogP contribution >= 0.6 is 0 Å². The van der Waals surface area contributed by atoms with Gasteiger partial charge in [0.2, 0.25) is 0 Å². The second kappa shape index (κ2) is 14.8. The maximum absolute atomic E-state index is 13.4. The van der Waals surface area contributed by atoms with Gasteiger partial charge in [-0.05, 0) is 63.2 Å². The number of nitrogens with one attached hydrogen (secondary N) is 1. The van der Waals surface area contributed by atoms with Gasteiger partial charge in [0.25, 0.3) is 5.91 Å². The molecule has 4 aromatic heterocycles. The van der Waals surface area contributed by atoms with Gasteiger partial charge in [0.1, 0.15) is 29.3 Å². The number of carbonyl (C=O) groups excluding carboxylic acids is 1. The van der Waals surface area contributed by atoms with Crippen molar-refractivity contribution in [1.29, 1.82) is 0 Å². The van der Waals surface area contributed by atoms with Gasteiger partial charge in [-0.2, -0.15) is 32.6 Å². The molecule has 1 aromatic carbocycles. The molecule has 0 atom stereocenters. The van der Waals surface area contributed by atoms with Crippen molar-refractivity contribution in [2.75, 3.05) is 31.5 Å². The summed E-state index contributed by atoms with van der Waals surface area (Å²) in [5.74, 6) is -1.21. The number of tetrazole rings is 1. The van der Waals surface area contributed by atoms with Crippen LogP contribution < -0.4 is 14.8 Å². The highest BCUT2D eigenvalue weighted by atomic mass is 19.3. The molecule has 1 fully saturated rings. The highest BCUT2D eigenvalue weighted by Crippen LogP contribution is 2.38. The number of benzene rings is 1. The van der Waals surface area contributed by atoms with Crippen LogP contribution in [0.15, 0.2) is 49.1 Å². The predicted molar refractivity (Wildman–Crippen MR) is 173 cm³/mol. The Balaban J connectivity index is 1.21. The molecule has 1 saturated heterocycles. The van der Waals surface area contributed by atoms with Crippen LogP contribution in [0.2, 0.25) is 0 Å². The first-order chi connectivity index (χ1) is 24.7. The molecule has 0 radical (unpaired) electrons. The van der Waals surface area contributed by atoms with Gasteiger partial charge in [0.05, 0.1) is 23.5 Å². The number of amides is 2. The summed E-state index contributed by atoms with van der Waals surface area (Å²) < 4.78 is 64.9. The predicted octanol–water partition coefficient (Wildman–Crippen LogP) is 4.11. The molecule has 17 nitrogen and oxygen atoms in total. The van der Waals surface area contributed by atoms with Crippen LogP contribution in [0.5, 0.6) is 11.5 Å². The molecule has 0 bridgehead atoms. The Kier molecular flexibility index (Phi) is 10.2. The van der Waals surface area contributed by atoms with E-state index in [2.05, 4.69) is 50.3 Å². The lowest BCUT2D eigenvalue weighted by Crippen LogP contribution is -2.50. The molecule has 2 N–H and O–H groups in total. The zero-order valence-electron chi connectivity index (χ0n) is 28.1. The van der Waals surface area contributed by atoms with Crippen LogP contribution in [-0.4, -0.2) is 116 Å². The maximum atomic E-state index is 13.4. The van der Waals surface area contributed by atoms with E-state index in [4.69, 9.17) is 0 Å². The van der Waals surface area contributed by atoms with Crippen LogP contribution in [0.25, 0.3) is 16.9 Å². The fraction of sp³-hybridized carbons (Fsp3) is 0.419. The first-order valence-electron chi connectivity index (χ1n) is 16.0. The Bertz CT molecular complexity index is 2040. The number of nitrogens with zero attached hydrogens (tertiary/aromatic N) is 11. The van der Waals surface area contributed by atoms with Crippen molar-refractivity contribution >= 4 is 23.3 Å². The molecule has 21 heteroatoms. The molecule has 1 aliphatic rings. The number of ether oxygens (including phenoxy) is 2. The monoisotopic (exact) mass is 730 g/mol. The summed E-state index contributed by atoms with van der Waals surface area (Å²) >= 11 is 0. The molecule has 2 amide bonds. The highest BCUT2D eigenvalue weighted by Gasteiger charge is 2.31. The minimum Gasteiger partial charge on any atom is -0.465 e. The Hall–Kier alpha value is -5.86. The third-order valence-electron chi connectivity index (χ3n) is 8.12. The van der Waals surface area contributed by atoms with Crippen molar-refractivity contribution in [2.24, 2.45) is 0 Å². The second-order valence-corrected chi connectivity index (χ2v) is 12.8. The van der Waals surface area contributed by atoms with Crippen LogP contribution in [0.1, 0.15) is 49.4 Å². The van der Waals surface area contributed by atoms with Crippen LogP contribution in [-0.2, 0) is 6.54 Å². The first kappa shape index (κ1) is 35.9. The molecule has 5 aromatic rings. The average Bonchev–Trinajstić information content (AvgIpc) is 3.78. The normalized spacial score (nSPS) is 13.9.